The Hall–Kier alpha value is -1.50. The Morgan fingerprint density at radius 2 is 1.32 bits per heavy atom. The lowest BCUT2D eigenvalue weighted by Gasteiger charge is -2.22. The molecule has 0 aromatic carbocycles. The van der Waals surface area contributed by atoms with E-state index in [1.807, 2.05) is 0 Å². The summed E-state index contributed by atoms with van der Waals surface area (Å²) in [7, 11) is 0. The minimum absolute atomic E-state index is 0.450. The molecule has 0 atom stereocenters. The van der Waals surface area contributed by atoms with Gasteiger partial charge in [-0.2, -0.15) is 0 Å². The van der Waals surface area contributed by atoms with Crippen LogP contribution in [0.1, 0.15) is 32.6 Å². The predicted molar refractivity (Wildman–Crippen MR) is 72.6 cm³/mol. The summed E-state index contributed by atoms with van der Waals surface area (Å²) in [5.74, 6) is 0. The predicted octanol–water partition coefficient (Wildman–Crippen LogP) is 1.40. The van der Waals surface area contributed by atoms with Crippen LogP contribution in [-0.4, -0.2) is 60.0 Å². The smallest absolute Gasteiger partial charge is 0.404 e. The van der Waals surface area contributed by atoms with Gasteiger partial charge in [-0.15, -0.1) is 0 Å². The van der Waals surface area contributed by atoms with Gasteiger partial charge in [0.15, 0.2) is 0 Å². The number of hydrogen-bond acceptors (Lipinski definition) is 3. The third-order valence-electron chi connectivity index (χ3n) is 2.68. The third kappa shape index (κ3) is 12.7. The maximum atomic E-state index is 10.3. The highest BCUT2D eigenvalue weighted by molar-refractivity contribution is 5.64. The fraction of sp³-hybridized carbons (Fsp3) is 0.833. The van der Waals surface area contributed by atoms with E-state index < -0.39 is 12.2 Å². The summed E-state index contributed by atoms with van der Waals surface area (Å²) in [5.41, 5.74) is 0. The Morgan fingerprint density at radius 1 is 0.895 bits per heavy atom. The van der Waals surface area contributed by atoms with E-state index in [9.17, 15) is 9.59 Å². The molecular formula is C12H25N3O4. The molecule has 0 rings (SSSR count). The van der Waals surface area contributed by atoms with Crippen LogP contribution >= 0.6 is 0 Å². The van der Waals surface area contributed by atoms with E-state index in [2.05, 4.69) is 22.5 Å². The van der Waals surface area contributed by atoms with Crippen molar-refractivity contribution in [2.75, 3.05) is 32.7 Å². The zero-order valence-corrected chi connectivity index (χ0v) is 11.5. The largest absolute Gasteiger partial charge is 0.465 e. The van der Waals surface area contributed by atoms with Gasteiger partial charge >= 0.3 is 12.2 Å². The topological polar surface area (TPSA) is 102 Å². The monoisotopic (exact) mass is 275 g/mol. The standard InChI is InChI=1S/C12H25N3O4/c1-2-3-8-15(9-4-6-13-11(16)17)10-5-7-14-12(18)19/h13-14H,2-10H2,1H3,(H,16,17)(H,18,19). The molecule has 19 heavy (non-hydrogen) atoms. The molecule has 7 heteroatoms. The van der Waals surface area contributed by atoms with Crippen molar-refractivity contribution in [3.05, 3.63) is 0 Å². The van der Waals surface area contributed by atoms with E-state index >= 15 is 0 Å². The number of nitrogens with one attached hydrogen (secondary N) is 2. The maximum Gasteiger partial charge on any atom is 0.404 e. The molecule has 0 aliphatic rings. The Labute approximate surface area is 114 Å². The van der Waals surface area contributed by atoms with Crippen molar-refractivity contribution in [1.82, 2.24) is 15.5 Å². The van der Waals surface area contributed by atoms with Gasteiger partial charge in [-0.3, -0.25) is 0 Å². The Morgan fingerprint density at radius 3 is 1.68 bits per heavy atom. The summed E-state index contributed by atoms with van der Waals surface area (Å²) >= 11 is 0. The van der Waals surface area contributed by atoms with Crippen LogP contribution in [-0.2, 0) is 0 Å². The van der Waals surface area contributed by atoms with Crippen molar-refractivity contribution in [3.8, 4) is 0 Å². The molecule has 2 amide bonds. The molecule has 4 N–H and O–H groups in total. The molecule has 0 radical (unpaired) electrons. The van der Waals surface area contributed by atoms with E-state index in [0.717, 1.165) is 45.3 Å². The molecule has 7 nitrogen and oxygen atoms in total. The van der Waals surface area contributed by atoms with Gasteiger partial charge in [-0.25, -0.2) is 9.59 Å². The second kappa shape index (κ2) is 11.6. The summed E-state index contributed by atoms with van der Waals surface area (Å²) < 4.78 is 0. The molecule has 0 unspecified atom stereocenters. The van der Waals surface area contributed by atoms with Gasteiger partial charge in [0, 0.05) is 13.1 Å². The van der Waals surface area contributed by atoms with Crippen LogP contribution in [0.3, 0.4) is 0 Å². The van der Waals surface area contributed by atoms with E-state index in [1.54, 1.807) is 0 Å². The molecule has 0 aliphatic heterocycles. The van der Waals surface area contributed by atoms with Crippen LogP contribution in [0.5, 0.6) is 0 Å². The Kier molecular flexibility index (Phi) is 10.7. The van der Waals surface area contributed by atoms with Gasteiger partial charge in [0.25, 0.3) is 0 Å². The Bertz CT molecular complexity index is 239. The van der Waals surface area contributed by atoms with Gasteiger partial charge < -0.3 is 25.7 Å². The number of rotatable bonds is 11. The highest BCUT2D eigenvalue weighted by Gasteiger charge is 2.05. The minimum Gasteiger partial charge on any atom is -0.465 e. The first kappa shape index (κ1) is 17.5. The number of carbonyl (C=O) groups is 2. The summed E-state index contributed by atoms with van der Waals surface area (Å²) in [5, 5.41) is 21.6. The van der Waals surface area contributed by atoms with E-state index in [4.69, 9.17) is 10.2 Å². The normalized spacial score (nSPS) is 10.4. The highest BCUT2D eigenvalue weighted by atomic mass is 16.4. The highest BCUT2D eigenvalue weighted by Crippen LogP contribution is 1.98. The zero-order valence-electron chi connectivity index (χ0n) is 11.5. The molecule has 0 saturated carbocycles. The van der Waals surface area contributed by atoms with Crippen molar-refractivity contribution in [2.45, 2.75) is 32.6 Å². The van der Waals surface area contributed by atoms with E-state index in [1.165, 1.54) is 0 Å². The lowest BCUT2D eigenvalue weighted by atomic mass is 10.2. The van der Waals surface area contributed by atoms with E-state index in [-0.39, 0.29) is 0 Å². The van der Waals surface area contributed by atoms with Crippen LogP contribution in [0.25, 0.3) is 0 Å². The van der Waals surface area contributed by atoms with E-state index in [0.29, 0.717) is 13.1 Å². The third-order valence-corrected chi connectivity index (χ3v) is 2.68. The average molecular weight is 275 g/mol. The number of hydrogen-bond donors (Lipinski definition) is 4. The minimum atomic E-state index is -0.995. The molecule has 0 bridgehead atoms. The number of nitrogens with zero attached hydrogens (tertiary/aromatic N) is 1. The van der Waals surface area contributed by atoms with Crippen molar-refractivity contribution in [1.29, 1.82) is 0 Å². The molecule has 0 fully saturated rings. The molecule has 0 saturated heterocycles. The summed E-state index contributed by atoms with van der Waals surface area (Å²) in [6.45, 7) is 5.64. The second-order valence-electron chi connectivity index (χ2n) is 4.37. The summed E-state index contributed by atoms with van der Waals surface area (Å²) in [4.78, 5) is 22.9. The van der Waals surface area contributed by atoms with Gasteiger partial charge in [-0.05, 0) is 38.9 Å². The summed E-state index contributed by atoms with van der Waals surface area (Å²) in [6.07, 6.45) is 1.75. The first-order chi connectivity index (χ1) is 9.06. The summed E-state index contributed by atoms with van der Waals surface area (Å²) in [6, 6.07) is 0. The van der Waals surface area contributed by atoms with Crippen LogP contribution in [0.2, 0.25) is 0 Å². The van der Waals surface area contributed by atoms with Gasteiger partial charge in [0.2, 0.25) is 0 Å². The second-order valence-corrected chi connectivity index (χ2v) is 4.37. The molecule has 112 valence electrons. The van der Waals surface area contributed by atoms with Crippen LogP contribution in [0.15, 0.2) is 0 Å². The van der Waals surface area contributed by atoms with Crippen molar-refractivity contribution in [3.63, 3.8) is 0 Å². The number of carboxylic acid groups (broad SMARTS) is 2. The SMILES string of the molecule is CCCCN(CCCNC(=O)O)CCCNC(=O)O. The van der Waals surface area contributed by atoms with Crippen molar-refractivity contribution < 1.29 is 19.8 Å². The van der Waals surface area contributed by atoms with Crippen LogP contribution in [0.4, 0.5) is 9.59 Å². The molecule has 0 heterocycles. The molecular weight excluding hydrogens is 250 g/mol. The van der Waals surface area contributed by atoms with Crippen LogP contribution < -0.4 is 10.6 Å². The fourth-order valence-electron chi connectivity index (χ4n) is 1.71. The lowest BCUT2D eigenvalue weighted by Crippen LogP contribution is -2.32. The number of amides is 2. The molecule has 0 aromatic rings. The van der Waals surface area contributed by atoms with Gasteiger partial charge in [0.05, 0.1) is 0 Å². The first-order valence-electron chi connectivity index (χ1n) is 6.72. The quantitative estimate of drug-likeness (QED) is 0.427. The molecule has 0 aliphatic carbocycles. The van der Waals surface area contributed by atoms with Crippen molar-refractivity contribution in [2.24, 2.45) is 0 Å². The Balaban J connectivity index is 3.74. The van der Waals surface area contributed by atoms with Crippen LogP contribution in [0, 0.1) is 0 Å². The first-order valence-corrected chi connectivity index (χ1v) is 6.72. The average Bonchev–Trinajstić information content (AvgIpc) is 2.34. The number of unbranched alkanes of at least 4 members (excludes halogenated alkanes) is 1. The molecule has 0 aromatic heterocycles. The maximum absolute atomic E-state index is 10.3. The lowest BCUT2D eigenvalue weighted by molar-refractivity contribution is 0.192. The van der Waals surface area contributed by atoms with Crippen molar-refractivity contribution >= 4 is 12.2 Å². The zero-order chi connectivity index (χ0) is 14.5. The van der Waals surface area contributed by atoms with Gasteiger partial charge in [-0.1, -0.05) is 13.3 Å². The fourth-order valence-corrected chi connectivity index (χ4v) is 1.71. The van der Waals surface area contributed by atoms with Gasteiger partial charge in [0.1, 0.15) is 0 Å². The molecule has 0 spiro atoms.